The van der Waals surface area contributed by atoms with E-state index in [0.29, 0.717) is 25.4 Å². The Labute approximate surface area is 144 Å². The zero-order chi connectivity index (χ0) is 16.7. The minimum absolute atomic E-state index is 0.127. The fraction of sp³-hybridized carbons (Fsp3) is 0.471. The van der Waals surface area contributed by atoms with Crippen molar-refractivity contribution in [1.82, 2.24) is 14.8 Å². The topological polar surface area (TPSA) is 66.7 Å². The number of thiazole rings is 1. The van der Waals surface area contributed by atoms with E-state index in [1.165, 1.54) is 6.26 Å². The van der Waals surface area contributed by atoms with Gasteiger partial charge in [-0.25, -0.2) is 4.98 Å². The molecule has 126 valence electrons. The van der Waals surface area contributed by atoms with Crippen LogP contribution in [0.2, 0.25) is 0 Å². The number of hydrogen-bond donors (Lipinski definition) is 0. The Morgan fingerprint density at radius 1 is 1.42 bits per heavy atom. The van der Waals surface area contributed by atoms with Gasteiger partial charge in [0.2, 0.25) is 5.91 Å². The largest absolute Gasteiger partial charge is 0.459 e. The van der Waals surface area contributed by atoms with E-state index in [-0.39, 0.29) is 11.8 Å². The van der Waals surface area contributed by atoms with Crippen molar-refractivity contribution in [3.63, 3.8) is 0 Å². The lowest BCUT2D eigenvalue weighted by atomic mass is 9.85. The number of carbonyl (C=O) groups is 2. The van der Waals surface area contributed by atoms with Crippen molar-refractivity contribution in [2.45, 2.75) is 26.3 Å². The van der Waals surface area contributed by atoms with Crippen LogP contribution in [0, 0.1) is 12.3 Å². The molecule has 2 aromatic rings. The summed E-state index contributed by atoms with van der Waals surface area (Å²) in [6, 6.07) is 3.37. The molecule has 0 unspecified atom stereocenters. The number of likely N-dealkylation sites (tertiary alicyclic amines) is 2. The molecule has 7 heteroatoms. The molecule has 2 aromatic heterocycles. The second kappa shape index (κ2) is 5.73. The van der Waals surface area contributed by atoms with Gasteiger partial charge in [-0.3, -0.25) is 9.59 Å². The van der Waals surface area contributed by atoms with Crippen molar-refractivity contribution in [3.8, 4) is 0 Å². The molecule has 2 amide bonds. The maximum Gasteiger partial charge on any atom is 0.289 e. The molecule has 2 saturated heterocycles. The Bertz CT molecular complexity index is 770. The molecule has 1 atom stereocenters. The minimum Gasteiger partial charge on any atom is -0.459 e. The van der Waals surface area contributed by atoms with E-state index in [1.54, 1.807) is 28.4 Å². The predicted molar refractivity (Wildman–Crippen MR) is 88.5 cm³/mol. The maximum atomic E-state index is 12.9. The fourth-order valence-corrected chi connectivity index (χ4v) is 4.30. The van der Waals surface area contributed by atoms with Gasteiger partial charge in [0.25, 0.3) is 5.91 Å². The van der Waals surface area contributed by atoms with Crippen LogP contribution in [0.4, 0.5) is 0 Å². The van der Waals surface area contributed by atoms with Crippen molar-refractivity contribution in [3.05, 3.63) is 40.2 Å². The third-order valence-electron chi connectivity index (χ3n) is 4.99. The van der Waals surface area contributed by atoms with Gasteiger partial charge in [0.1, 0.15) is 0 Å². The number of amides is 2. The number of furan rings is 1. The van der Waals surface area contributed by atoms with E-state index in [4.69, 9.17) is 4.42 Å². The summed E-state index contributed by atoms with van der Waals surface area (Å²) >= 11 is 1.60. The lowest BCUT2D eigenvalue weighted by Gasteiger charge is -2.23. The molecule has 2 aliphatic heterocycles. The van der Waals surface area contributed by atoms with Gasteiger partial charge in [-0.1, -0.05) is 0 Å². The van der Waals surface area contributed by atoms with Crippen molar-refractivity contribution in [1.29, 1.82) is 0 Å². The van der Waals surface area contributed by atoms with Gasteiger partial charge in [0.15, 0.2) is 5.76 Å². The number of aromatic nitrogens is 1. The third-order valence-corrected chi connectivity index (χ3v) is 5.82. The van der Waals surface area contributed by atoms with Gasteiger partial charge in [-0.15, -0.1) is 11.3 Å². The first-order valence-corrected chi connectivity index (χ1v) is 8.99. The molecule has 0 aromatic carbocycles. The van der Waals surface area contributed by atoms with Crippen LogP contribution in [-0.4, -0.2) is 46.2 Å². The highest BCUT2D eigenvalue weighted by atomic mass is 32.1. The first-order chi connectivity index (χ1) is 11.6. The van der Waals surface area contributed by atoms with Gasteiger partial charge in [-0.2, -0.15) is 0 Å². The first kappa shape index (κ1) is 15.4. The minimum atomic E-state index is -0.423. The lowest BCUT2D eigenvalue weighted by molar-refractivity contribution is -0.135. The van der Waals surface area contributed by atoms with Gasteiger partial charge < -0.3 is 14.2 Å². The number of carbonyl (C=O) groups excluding carboxylic acids is 2. The Morgan fingerprint density at radius 2 is 2.25 bits per heavy atom. The average Bonchev–Trinajstić information content (AvgIpc) is 3.34. The molecule has 24 heavy (non-hydrogen) atoms. The van der Waals surface area contributed by atoms with Crippen molar-refractivity contribution in [2.75, 3.05) is 19.6 Å². The van der Waals surface area contributed by atoms with E-state index < -0.39 is 5.41 Å². The summed E-state index contributed by atoms with van der Waals surface area (Å²) in [6.07, 6.45) is 3.03. The van der Waals surface area contributed by atoms with E-state index in [9.17, 15) is 9.59 Å². The Kier molecular flexibility index (Phi) is 3.68. The van der Waals surface area contributed by atoms with Crippen LogP contribution in [-0.2, 0) is 11.3 Å². The summed E-state index contributed by atoms with van der Waals surface area (Å²) < 4.78 is 5.19. The quantitative estimate of drug-likeness (QED) is 0.856. The highest BCUT2D eigenvalue weighted by molar-refractivity contribution is 7.09. The third kappa shape index (κ3) is 2.53. The summed E-state index contributed by atoms with van der Waals surface area (Å²) in [5.41, 5.74) is 0.525. The fourth-order valence-electron chi connectivity index (χ4n) is 3.70. The molecule has 0 N–H and O–H groups in total. The molecule has 0 radical (unpaired) electrons. The number of rotatable bonds is 3. The van der Waals surface area contributed by atoms with E-state index in [1.807, 2.05) is 17.2 Å². The van der Waals surface area contributed by atoms with Crippen LogP contribution in [0.25, 0.3) is 0 Å². The molecule has 6 nitrogen and oxygen atoms in total. The highest BCUT2D eigenvalue weighted by Gasteiger charge is 2.51. The molecular weight excluding hydrogens is 326 g/mol. The SMILES string of the molecule is Cc1nc(CN2CC[C@@]3(CCN(C(=O)c4ccco4)C3)C2=O)cs1. The van der Waals surface area contributed by atoms with E-state index in [0.717, 1.165) is 30.1 Å². The van der Waals surface area contributed by atoms with Gasteiger partial charge in [-0.05, 0) is 31.9 Å². The first-order valence-electron chi connectivity index (χ1n) is 8.11. The Morgan fingerprint density at radius 3 is 2.96 bits per heavy atom. The second-order valence-corrected chi connectivity index (χ2v) is 7.63. The second-order valence-electron chi connectivity index (χ2n) is 6.57. The molecule has 4 heterocycles. The smallest absolute Gasteiger partial charge is 0.289 e. The molecule has 0 bridgehead atoms. The molecular formula is C17H19N3O3S. The zero-order valence-electron chi connectivity index (χ0n) is 13.5. The molecule has 2 aliphatic rings. The number of aryl methyl sites for hydroxylation is 1. The molecule has 4 rings (SSSR count). The van der Waals surface area contributed by atoms with Crippen molar-refractivity contribution >= 4 is 23.2 Å². The summed E-state index contributed by atoms with van der Waals surface area (Å²) in [6.45, 7) is 4.36. The standard InChI is InChI=1S/C17H19N3O3S/c1-12-18-13(10-24-12)9-19-6-4-17(16(19)22)5-7-20(11-17)15(21)14-3-2-8-23-14/h2-3,8,10H,4-7,9,11H2,1H3/t17-/m0/s1. The van der Waals surface area contributed by atoms with Crippen molar-refractivity contribution < 1.29 is 14.0 Å². The molecule has 1 spiro atoms. The lowest BCUT2D eigenvalue weighted by Crippen LogP contribution is -2.38. The Balaban J connectivity index is 1.45. The summed E-state index contributed by atoms with van der Waals surface area (Å²) in [5, 5.41) is 3.03. The van der Waals surface area contributed by atoms with Crippen LogP contribution in [0.15, 0.2) is 28.2 Å². The summed E-state index contributed by atoms with van der Waals surface area (Å²) in [4.78, 5) is 33.4. The van der Waals surface area contributed by atoms with Crippen LogP contribution in [0.3, 0.4) is 0 Å². The average molecular weight is 345 g/mol. The van der Waals surface area contributed by atoms with Gasteiger partial charge >= 0.3 is 0 Å². The van der Waals surface area contributed by atoms with Gasteiger partial charge in [0, 0.05) is 25.0 Å². The number of hydrogen-bond acceptors (Lipinski definition) is 5. The summed E-state index contributed by atoms with van der Waals surface area (Å²) in [5.74, 6) is 0.369. The van der Waals surface area contributed by atoms with Crippen LogP contribution in [0.1, 0.15) is 34.1 Å². The molecule has 0 saturated carbocycles. The highest BCUT2D eigenvalue weighted by Crippen LogP contribution is 2.41. The molecule has 2 fully saturated rings. The van der Waals surface area contributed by atoms with Crippen LogP contribution < -0.4 is 0 Å². The molecule has 0 aliphatic carbocycles. The number of nitrogens with zero attached hydrogens (tertiary/aromatic N) is 3. The monoisotopic (exact) mass is 345 g/mol. The van der Waals surface area contributed by atoms with E-state index >= 15 is 0 Å². The van der Waals surface area contributed by atoms with Crippen LogP contribution >= 0.6 is 11.3 Å². The zero-order valence-corrected chi connectivity index (χ0v) is 14.3. The van der Waals surface area contributed by atoms with E-state index in [2.05, 4.69) is 4.98 Å². The van der Waals surface area contributed by atoms with Crippen molar-refractivity contribution in [2.24, 2.45) is 5.41 Å². The Hall–Kier alpha value is -2.15. The predicted octanol–water partition coefficient (Wildman–Crippen LogP) is 2.31. The van der Waals surface area contributed by atoms with Gasteiger partial charge in [0.05, 0.1) is 28.9 Å². The maximum absolute atomic E-state index is 12.9. The van der Waals surface area contributed by atoms with Crippen LogP contribution in [0.5, 0.6) is 0 Å². The normalized spacial score (nSPS) is 23.6. The summed E-state index contributed by atoms with van der Waals surface area (Å²) in [7, 11) is 0.